The first-order valence-electron chi connectivity index (χ1n) is 10.9. The van der Waals surface area contributed by atoms with Gasteiger partial charge in [-0.05, 0) is 49.6 Å². The minimum absolute atomic E-state index is 0.110. The smallest absolute Gasteiger partial charge is 0.433 e. The van der Waals surface area contributed by atoms with Crippen molar-refractivity contribution in [1.29, 1.82) is 0 Å². The summed E-state index contributed by atoms with van der Waals surface area (Å²) in [6.07, 6.45) is 5.27. The van der Waals surface area contributed by atoms with Gasteiger partial charge in [0.15, 0.2) is 5.76 Å². The summed E-state index contributed by atoms with van der Waals surface area (Å²) in [6, 6.07) is 9.58. The average molecular weight is 481 g/mol. The SMILES string of the molecule is COc1ccc(-c2cn(CCCCCN3C(=O)CN(/N=C/c4ccc([N+](=O)[O-])o4)C3=O)nn2)cc1. The van der Waals surface area contributed by atoms with Crippen molar-refractivity contribution in [3.63, 3.8) is 0 Å². The van der Waals surface area contributed by atoms with Gasteiger partial charge in [0.25, 0.3) is 5.91 Å². The van der Waals surface area contributed by atoms with Gasteiger partial charge in [-0.25, -0.2) is 9.80 Å². The van der Waals surface area contributed by atoms with E-state index in [1.54, 1.807) is 11.8 Å². The van der Waals surface area contributed by atoms with E-state index in [4.69, 9.17) is 9.15 Å². The summed E-state index contributed by atoms with van der Waals surface area (Å²) in [4.78, 5) is 35.8. The van der Waals surface area contributed by atoms with Gasteiger partial charge >= 0.3 is 11.9 Å². The Morgan fingerprint density at radius 3 is 2.63 bits per heavy atom. The molecule has 1 fully saturated rings. The third kappa shape index (κ3) is 5.69. The number of rotatable bonds is 11. The molecule has 0 unspecified atom stereocenters. The van der Waals surface area contributed by atoms with Gasteiger partial charge in [0.05, 0.1) is 25.6 Å². The lowest BCUT2D eigenvalue weighted by Gasteiger charge is -2.13. The van der Waals surface area contributed by atoms with Crippen LogP contribution in [0.5, 0.6) is 5.75 Å². The van der Waals surface area contributed by atoms with E-state index >= 15 is 0 Å². The number of carbonyl (C=O) groups is 2. The van der Waals surface area contributed by atoms with Crippen LogP contribution in [0.3, 0.4) is 0 Å². The van der Waals surface area contributed by atoms with Crippen molar-refractivity contribution in [2.45, 2.75) is 25.8 Å². The minimum atomic E-state index is -0.674. The lowest BCUT2D eigenvalue weighted by molar-refractivity contribution is -0.402. The number of hydrogen-bond donors (Lipinski definition) is 0. The third-order valence-electron chi connectivity index (χ3n) is 5.35. The zero-order valence-corrected chi connectivity index (χ0v) is 18.9. The first-order valence-corrected chi connectivity index (χ1v) is 10.9. The fourth-order valence-electron chi connectivity index (χ4n) is 3.50. The molecule has 1 aliphatic rings. The molecule has 3 heterocycles. The van der Waals surface area contributed by atoms with Crippen LogP contribution in [-0.4, -0.2) is 68.2 Å². The van der Waals surface area contributed by atoms with Crippen molar-refractivity contribution >= 4 is 24.0 Å². The largest absolute Gasteiger partial charge is 0.497 e. The number of amides is 3. The molecule has 3 aromatic rings. The lowest BCUT2D eigenvalue weighted by atomic mass is 10.1. The van der Waals surface area contributed by atoms with Crippen LogP contribution < -0.4 is 4.74 Å². The summed E-state index contributed by atoms with van der Waals surface area (Å²) in [7, 11) is 1.62. The van der Waals surface area contributed by atoms with Gasteiger partial charge in [0.1, 0.15) is 22.9 Å². The molecule has 182 valence electrons. The quantitative estimate of drug-likeness (QED) is 0.133. The average Bonchev–Trinajstić information content (AvgIpc) is 3.58. The number of benzene rings is 1. The first kappa shape index (κ1) is 23.6. The van der Waals surface area contributed by atoms with Crippen LogP contribution in [-0.2, 0) is 11.3 Å². The van der Waals surface area contributed by atoms with Crippen LogP contribution in [0.2, 0.25) is 0 Å². The zero-order valence-electron chi connectivity index (χ0n) is 18.9. The molecule has 0 spiro atoms. The van der Waals surface area contributed by atoms with E-state index in [9.17, 15) is 19.7 Å². The first-order chi connectivity index (χ1) is 16.9. The van der Waals surface area contributed by atoms with Crippen molar-refractivity contribution in [3.05, 3.63) is 58.5 Å². The monoisotopic (exact) mass is 481 g/mol. The Balaban J connectivity index is 1.20. The number of urea groups is 1. The Morgan fingerprint density at radius 2 is 1.91 bits per heavy atom. The summed E-state index contributed by atoms with van der Waals surface area (Å²) in [5.41, 5.74) is 1.71. The summed E-state index contributed by atoms with van der Waals surface area (Å²) in [6.45, 7) is 0.756. The molecule has 0 saturated carbocycles. The second-order valence-electron chi connectivity index (χ2n) is 7.72. The number of nitro groups is 1. The van der Waals surface area contributed by atoms with Crippen molar-refractivity contribution in [1.82, 2.24) is 24.9 Å². The highest BCUT2D eigenvalue weighted by Gasteiger charge is 2.35. The van der Waals surface area contributed by atoms with Gasteiger partial charge in [0, 0.05) is 18.7 Å². The fraction of sp³-hybridized carbons (Fsp3) is 0.318. The van der Waals surface area contributed by atoms with E-state index in [1.807, 2.05) is 30.5 Å². The third-order valence-corrected chi connectivity index (χ3v) is 5.35. The number of hydrogen-bond acceptors (Lipinski definition) is 9. The van der Waals surface area contributed by atoms with E-state index in [0.29, 0.717) is 13.0 Å². The Bertz CT molecular complexity index is 1230. The summed E-state index contributed by atoms with van der Waals surface area (Å²) in [5.74, 6) is 0.103. The predicted octanol–water partition coefficient (Wildman–Crippen LogP) is 2.92. The van der Waals surface area contributed by atoms with E-state index in [-0.39, 0.29) is 24.8 Å². The van der Waals surface area contributed by atoms with Crippen molar-refractivity contribution in [2.75, 3.05) is 20.2 Å². The Hall–Kier alpha value is -4.55. The normalized spacial score (nSPS) is 13.9. The minimum Gasteiger partial charge on any atom is -0.497 e. The van der Waals surface area contributed by atoms with Crippen molar-refractivity contribution in [2.24, 2.45) is 5.10 Å². The number of aromatic nitrogens is 3. The Kier molecular flexibility index (Phi) is 7.14. The molecule has 0 bridgehead atoms. The Labute approximate surface area is 199 Å². The maximum Gasteiger partial charge on any atom is 0.433 e. The van der Waals surface area contributed by atoms with Gasteiger partial charge in [-0.15, -0.1) is 5.10 Å². The molecule has 0 N–H and O–H groups in total. The molecule has 0 aliphatic carbocycles. The molecule has 13 nitrogen and oxygen atoms in total. The maximum atomic E-state index is 12.5. The lowest BCUT2D eigenvalue weighted by Crippen LogP contribution is -2.32. The number of hydrazone groups is 1. The molecule has 4 rings (SSSR count). The topological polar surface area (TPSA) is 149 Å². The van der Waals surface area contributed by atoms with Gasteiger partial charge in [-0.3, -0.25) is 24.5 Å². The molecule has 35 heavy (non-hydrogen) atoms. The highest BCUT2D eigenvalue weighted by Crippen LogP contribution is 2.20. The summed E-state index contributed by atoms with van der Waals surface area (Å²) >= 11 is 0. The Morgan fingerprint density at radius 1 is 1.14 bits per heavy atom. The van der Waals surface area contributed by atoms with Crippen LogP contribution in [0.25, 0.3) is 11.3 Å². The molecule has 13 heteroatoms. The summed E-state index contributed by atoms with van der Waals surface area (Å²) in [5, 5.41) is 23.9. The molecule has 3 amide bonds. The fourth-order valence-corrected chi connectivity index (χ4v) is 3.50. The number of furan rings is 1. The number of aryl methyl sites for hydroxylation is 1. The van der Waals surface area contributed by atoms with E-state index in [0.717, 1.165) is 39.8 Å². The van der Waals surface area contributed by atoms with Crippen LogP contribution in [0.15, 0.2) is 52.1 Å². The van der Waals surface area contributed by atoms with Crippen molar-refractivity contribution < 1.29 is 23.7 Å². The number of imide groups is 1. The van der Waals surface area contributed by atoms with Crippen LogP contribution >= 0.6 is 0 Å². The van der Waals surface area contributed by atoms with E-state index < -0.39 is 16.8 Å². The van der Waals surface area contributed by atoms with E-state index in [2.05, 4.69) is 15.4 Å². The molecule has 0 atom stereocenters. The number of nitrogens with zero attached hydrogens (tertiary/aromatic N) is 7. The van der Waals surface area contributed by atoms with E-state index in [1.165, 1.54) is 18.3 Å². The molecular weight excluding hydrogens is 458 g/mol. The van der Waals surface area contributed by atoms with Gasteiger partial charge in [-0.1, -0.05) is 5.21 Å². The van der Waals surface area contributed by atoms with Gasteiger partial charge in [-0.2, -0.15) is 5.10 Å². The summed E-state index contributed by atoms with van der Waals surface area (Å²) < 4.78 is 11.9. The standard InChI is InChI=1S/C22H23N7O6/c1-34-17-7-5-16(6-8-17)19-14-26(25-24-19)11-3-2-4-12-27-20(30)15-28(22(27)31)23-13-18-9-10-21(35-18)29(32)33/h5-10,13-14H,2-4,11-12,15H2,1H3/b23-13+. The highest BCUT2D eigenvalue weighted by molar-refractivity contribution is 6.02. The predicted molar refractivity (Wildman–Crippen MR) is 123 cm³/mol. The molecule has 0 radical (unpaired) electrons. The second-order valence-corrected chi connectivity index (χ2v) is 7.72. The number of ether oxygens (including phenoxy) is 1. The second kappa shape index (κ2) is 10.6. The maximum absolute atomic E-state index is 12.5. The number of unbranched alkanes of at least 4 members (excludes halogenated alkanes) is 2. The van der Waals surface area contributed by atoms with Gasteiger partial charge < -0.3 is 9.15 Å². The van der Waals surface area contributed by atoms with Crippen LogP contribution in [0.1, 0.15) is 25.0 Å². The number of carbonyl (C=O) groups excluding carboxylic acids is 2. The molecular formula is C22H23N7O6. The van der Waals surface area contributed by atoms with Crippen LogP contribution in [0, 0.1) is 10.1 Å². The molecule has 1 aliphatic heterocycles. The highest BCUT2D eigenvalue weighted by atomic mass is 16.6. The molecule has 1 aromatic carbocycles. The molecule has 1 saturated heterocycles. The van der Waals surface area contributed by atoms with Crippen LogP contribution in [0.4, 0.5) is 10.7 Å². The zero-order chi connectivity index (χ0) is 24.8. The van der Waals surface area contributed by atoms with Crippen molar-refractivity contribution in [3.8, 4) is 17.0 Å². The van der Waals surface area contributed by atoms with Gasteiger partial charge in [0.2, 0.25) is 0 Å². The number of methoxy groups -OCH3 is 1. The molecule has 2 aromatic heterocycles.